The standard InChI is InChI=1S/C5H9IN2O2S/c1-4(7)5(2-3-6)11(8,9)10/h2-3H,7H2,1H3,(H2,8,9,10)/b3-2+,5-4+. The van der Waals surface area contributed by atoms with Gasteiger partial charge in [-0.25, -0.2) is 13.6 Å². The van der Waals surface area contributed by atoms with E-state index in [2.05, 4.69) is 0 Å². The highest BCUT2D eigenvalue weighted by Crippen LogP contribution is 2.07. The second kappa shape index (κ2) is 4.07. The third-order valence-electron chi connectivity index (χ3n) is 0.910. The molecule has 0 rings (SSSR count). The van der Waals surface area contributed by atoms with E-state index in [0.717, 1.165) is 0 Å². The molecule has 0 heterocycles. The largest absolute Gasteiger partial charge is 0.401 e. The van der Waals surface area contributed by atoms with E-state index in [1.807, 2.05) is 22.6 Å². The molecule has 0 aliphatic heterocycles. The van der Waals surface area contributed by atoms with Crippen LogP contribution >= 0.6 is 22.6 Å². The summed E-state index contributed by atoms with van der Waals surface area (Å²) in [5, 5.41) is 4.85. The second-order valence-corrected chi connectivity index (χ2v) is 4.13. The van der Waals surface area contributed by atoms with Crippen molar-refractivity contribution in [2.24, 2.45) is 10.9 Å². The zero-order chi connectivity index (χ0) is 9.07. The van der Waals surface area contributed by atoms with Gasteiger partial charge in [-0.05, 0) is 17.1 Å². The van der Waals surface area contributed by atoms with Gasteiger partial charge in [-0.1, -0.05) is 22.6 Å². The van der Waals surface area contributed by atoms with Gasteiger partial charge < -0.3 is 5.73 Å². The average molecular weight is 288 g/mol. The normalized spacial score (nSPS) is 15.2. The fourth-order valence-electron chi connectivity index (χ4n) is 0.508. The summed E-state index contributed by atoms with van der Waals surface area (Å²) in [6, 6.07) is 0. The lowest BCUT2D eigenvalue weighted by atomic mass is 10.4. The van der Waals surface area contributed by atoms with Gasteiger partial charge in [0.05, 0.1) is 0 Å². The minimum absolute atomic E-state index is 0.0353. The first-order chi connectivity index (χ1) is 4.89. The number of sulfonamides is 1. The predicted molar refractivity (Wildman–Crippen MR) is 53.2 cm³/mol. The van der Waals surface area contributed by atoms with Crippen LogP contribution in [0.4, 0.5) is 0 Å². The first kappa shape index (κ1) is 10.9. The van der Waals surface area contributed by atoms with Crippen LogP contribution in [0.3, 0.4) is 0 Å². The van der Waals surface area contributed by atoms with Crippen molar-refractivity contribution >= 4 is 32.6 Å². The summed E-state index contributed by atoms with van der Waals surface area (Å²) in [6.45, 7) is 1.48. The first-order valence-corrected chi connectivity index (χ1v) is 5.44. The number of halogens is 1. The molecule has 4 N–H and O–H groups in total. The third-order valence-corrected chi connectivity index (χ3v) is 2.34. The van der Waals surface area contributed by atoms with Crippen LogP contribution in [-0.2, 0) is 10.0 Å². The predicted octanol–water partition coefficient (Wildman–Crippen LogP) is 0.414. The van der Waals surface area contributed by atoms with E-state index in [-0.39, 0.29) is 10.6 Å². The summed E-state index contributed by atoms with van der Waals surface area (Å²) in [6.07, 6.45) is 1.35. The molecule has 0 atom stereocenters. The third kappa shape index (κ3) is 3.73. The highest BCUT2D eigenvalue weighted by atomic mass is 127. The molecule has 0 saturated heterocycles. The van der Waals surface area contributed by atoms with Gasteiger partial charge in [0.15, 0.2) is 0 Å². The van der Waals surface area contributed by atoms with Crippen molar-refractivity contribution in [1.82, 2.24) is 0 Å². The minimum atomic E-state index is -3.66. The fraction of sp³-hybridized carbons (Fsp3) is 0.200. The van der Waals surface area contributed by atoms with Gasteiger partial charge in [-0.15, -0.1) is 0 Å². The van der Waals surface area contributed by atoms with Gasteiger partial charge in [-0.3, -0.25) is 0 Å². The van der Waals surface area contributed by atoms with E-state index in [4.69, 9.17) is 10.9 Å². The molecule has 64 valence electrons. The Morgan fingerprint density at radius 1 is 1.55 bits per heavy atom. The molecule has 0 saturated carbocycles. The van der Waals surface area contributed by atoms with Gasteiger partial charge in [0.2, 0.25) is 10.0 Å². The van der Waals surface area contributed by atoms with Crippen molar-refractivity contribution in [3.8, 4) is 0 Å². The molecule has 0 aliphatic rings. The van der Waals surface area contributed by atoms with Crippen LogP contribution in [0.2, 0.25) is 0 Å². The molecule has 0 unspecified atom stereocenters. The summed E-state index contributed by atoms with van der Waals surface area (Å²) < 4.78 is 23.0. The van der Waals surface area contributed by atoms with Crippen molar-refractivity contribution in [2.75, 3.05) is 0 Å². The van der Waals surface area contributed by atoms with E-state index >= 15 is 0 Å². The highest BCUT2D eigenvalue weighted by Gasteiger charge is 2.09. The van der Waals surface area contributed by atoms with E-state index in [9.17, 15) is 8.42 Å². The smallest absolute Gasteiger partial charge is 0.239 e. The minimum Gasteiger partial charge on any atom is -0.401 e. The van der Waals surface area contributed by atoms with Crippen LogP contribution in [0.25, 0.3) is 0 Å². The zero-order valence-electron chi connectivity index (χ0n) is 5.91. The van der Waals surface area contributed by atoms with Gasteiger partial charge in [0, 0.05) is 5.70 Å². The summed E-state index contributed by atoms with van der Waals surface area (Å²) in [4.78, 5) is -0.0353. The molecule has 0 aromatic carbocycles. The van der Waals surface area contributed by atoms with Crippen molar-refractivity contribution < 1.29 is 8.42 Å². The van der Waals surface area contributed by atoms with Gasteiger partial charge >= 0.3 is 0 Å². The Kier molecular flexibility index (Phi) is 4.04. The lowest BCUT2D eigenvalue weighted by molar-refractivity contribution is 0.604. The van der Waals surface area contributed by atoms with Gasteiger partial charge in [0.25, 0.3) is 0 Å². The maximum Gasteiger partial charge on any atom is 0.239 e. The maximum absolute atomic E-state index is 10.7. The Labute approximate surface area is 79.5 Å². The zero-order valence-corrected chi connectivity index (χ0v) is 8.89. The van der Waals surface area contributed by atoms with Gasteiger partial charge in [-0.2, -0.15) is 0 Å². The molecule has 4 nitrogen and oxygen atoms in total. The topological polar surface area (TPSA) is 86.2 Å². The summed E-state index contributed by atoms with van der Waals surface area (Å²) >= 11 is 1.89. The van der Waals surface area contributed by atoms with Crippen molar-refractivity contribution in [3.63, 3.8) is 0 Å². The lowest BCUT2D eigenvalue weighted by Gasteiger charge is -1.99. The van der Waals surface area contributed by atoms with Crippen LogP contribution < -0.4 is 10.9 Å². The molecule has 0 spiro atoms. The second-order valence-electron chi connectivity index (χ2n) is 1.88. The molecule has 0 radical (unpaired) electrons. The number of hydrogen-bond acceptors (Lipinski definition) is 3. The molecule has 0 aliphatic carbocycles. The Balaban J connectivity index is 5.14. The van der Waals surface area contributed by atoms with Gasteiger partial charge in [0.1, 0.15) is 4.91 Å². The van der Waals surface area contributed by atoms with Crippen LogP contribution in [0.5, 0.6) is 0 Å². The van der Waals surface area contributed by atoms with Crippen LogP contribution in [0, 0.1) is 0 Å². The Hall–Kier alpha value is -0.0800. The molecule has 0 fully saturated rings. The summed E-state index contributed by atoms with van der Waals surface area (Å²) in [5.41, 5.74) is 5.47. The molecule has 0 aromatic heterocycles. The molecule has 11 heavy (non-hydrogen) atoms. The maximum atomic E-state index is 10.7. The number of rotatable bonds is 2. The Morgan fingerprint density at radius 3 is 2.09 bits per heavy atom. The van der Waals surface area contributed by atoms with E-state index in [1.165, 1.54) is 17.1 Å². The molecule has 6 heteroatoms. The number of nitrogens with two attached hydrogens (primary N) is 2. The monoisotopic (exact) mass is 288 g/mol. The molecular formula is C5H9IN2O2S. The molecular weight excluding hydrogens is 279 g/mol. The molecule has 0 amide bonds. The van der Waals surface area contributed by atoms with Crippen LogP contribution in [0.15, 0.2) is 20.8 Å². The average Bonchev–Trinajstić information content (AvgIpc) is 1.79. The summed E-state index contributed by atoms with van der Waals surface area (Å²) in [7, 11) is -3.66. The quantitative estimate of drug-likeness (QED) is 0.570. The first-order valence-electron chi connectivity index (χ1n) is 2.65. The van der Waals surface area contributed by atoms with Crippen molar-refractivity contribution in [3.05, 3.63) is 20.8 Å². The number of hydrogen-bond donors (Lipinski definition) is 2. The fourth-order valence-corrected chi connectivity index (χ4v) is 1.82. The van der Waals surface area contributed by atoms with E-state index in [0.29, 0.717) is 0 Å². The summed E-state index contributed by atoms with van der Waals surface area (Å²) in [5.74, 6) is 0. The lowest BCUT2D eigenvalue weighted by Crippen LogP contribution is -2.16. The Bertz CT molecular complexity index is 288. The highest BCUT2D eigenvalue weighted by molar-refractivity contribution is 14.1. The van der Waals surface area contributed by atoms with Crippen LogP contribution in [-0.4, -0.2) is 8.42 Å². The number of primary sulfonamides is 1. The Morgan fingerprint density at radius 2 is 2.00 bits per heavy atom. The van der Waals surface area contributed by atoms with E-state index < -0.39 is 10.0 Å². The number of allylic oxidation sites excluding steroid dienone is 2. The molecule has 0 bridgehead atoms. The SMILES string of the molecule is C/C(N)=C(/C=C/I)S(N)(=O)=O. The van der Waals surface area contributed by atoms with E-state index in [1.54, 1.807) is 0 Å². The molecule has 0 aromatic rings. The van der Waals surface area contributed by atoms with Crippen LogP contribution in [0.1, 0.15) is 6.92 Å². The van der Waals surface area contributed by atoms with Crippen molar-refractivity contribution in [1.29, 1.82) is 0 Å². The van der Waals surface area contributed by atoms with Crippen molar-refractivity contribution in [2.45, 2.75) is 6.92 Å².